The molecule has 0 saturated carbocycles. The van der Waals surface area contributed by atoms with E-state index in [0.29, 0.717) is 29.8 Å². The van der Waals surface area contributed by atoms with Crippen molar-refractivity contribution < 1.29 is 36.2 Å². The molecule has 12 heteroatoms. The van der Waals surface area contributed by atoms with Gasteiger partial charge in [-0.2, -0.15) is 17.5 Å². The zero-order valence-corrected chi connectivity index (χ0v) is 16.9. The Kier molecular flexibility index (Phi) is 7.85. The Hall–Kier alpha value is -1.21. The van der Waals surface area contributed by atoms with Crippen LogP contribution in [0.25, 0.3) is 0 Å². The minimum atomic E-state index is -5.08. The van der Waals surface area contributed by atoms with Gasteiger partial charge in [-0.1, -0.05) is 13.0 Å². The molecular formula is C16H23F3N2O5S2. The van der Waals surface area contributed by atoms with Crippen molar-refractivity contribution in [3.8, 4) is 0 Å². The second kappa shape index (κ2) is 9.53. The fourth-order valence-electron chi connectivity index (χ4n) is 3.13. The van der Waals surface area contributed by atoms with Gasteiger partial charge in [0.1, 0.15) is 4.21 Å². The number of carboxylic acids is 1. The van der Waals surface area contributed by atoms with Gasteiger partial charge in [0.05, 0.1) is 12.7 Å². The molecule has 7 nitrogen and oxygen atoms in total. The van der Waals surface area contributed by atoms with E-state index in [1.165, 1.54) is 11.3 Å². The van der Waals surface area contributed by atoms with Crippen LogP contribution < -0.4 is 0 Å². The maximum absolute atomic E-state index is 12.6. The summed E-state index contributed by atoms with van der Waals surface area (Å²) in [6.45, 7) is 6.95. The van der Waals surface area contributed by atoms with Gasteiger partial charge in [-0.3, -0.25) is 0 Å². The van der Waals surface area contributed by atoms with Gasteiger partial charge in [0.25, 0.3) is 10.0 Å². The third-order valence-corrected chi connectivity index (χ3v) is 7.91. The Labute approximate surface area is 165 Å². The van der Waals surface area contributed by atoms with E-state index >= 15 is 0 Å². The molecule has 0 bridgehead atoms. The molecule has 1 aromatic heterocycles. The maximum Gasteiger partial charge on any atom is 0.490 e. The lowest BCUT2D eigenvalue weighted by atomic mass is 9.94. The van der Waals surface area contributed by atoms with E-state index in [0.717, 1.165) is 26.1 Å². The predicted molar refractivity (Wildman–Crippen MR) is 96.7 cm³/mol. The lowest BCUT2D eigenvalue weighted by molar-refractivity contribution is -0.192. The number of sulfonamides is 1. The molecule has 3 rings (SSSR count). The summed E-state index contributed by atoms with van der Waals surface area (Å²) < 4.78 is 64.9. The van der Waals surface area contributed by atoms with Crippen molar-refractivity contribution in [2.45, 2.75) is 29.8 Å². The average molecular weight is 444 g/mol. The second-order valence-electron chi connectivity index (χ2n) is 6.45. The number of carboxylic acid groups (broad SMARTS) is 1. The summed E-state index contributed by atoms with van der Waals surface area (Å²) in [5.74, 6) is -2.31. The summed E-state index contributed by atoms with van der Waals surface area (Å²) in [5.41, 5.74) is 0. The number of rotatable bonds is 3. The normalized spacial score (nSPS) is 24.6. The molecule has 0 amide bonds. The number of alkyl halides is 3. The zero-order chi connectivity index (χ0) is 20.9. The van der Waals surface area contributed by atoms with Crippen LogP contribution in [-0.4, -0.2) is 80.3 Å². The summed E-state index contributed by atoms with van der Waals surface area (Å²) in [4.78, 5) is 11.3. The maximum atomic E-state index is 12.6. The molecular weight excluding hydrogens is 421 g/mol. The van der Waals surface area contributed by atoms with E-state index in [1.54, 1.807) is 21.8 Å². The van der Waals surface area contributed by atoms with Crippen molar-refractivity contribution in [3.05, 3.63) is 17.5 Å². The van der Waals surface area contributed by atoms with E-state index in [-0.39, 0.29) is 6.10 Å². The van der Waals surface area contributed by atoms with Crippen LogP contribution in [0, 0.1) is 5.92 Å². The first-order chi connectivity index (χ1) is 13.1. The van der Waals surface area contributed by atoms with E-state index in [9.17, 15) is 21.6 Å². The van der Waals surface area contributed by atoms with Crippen molar-refractivity contribution >= 4 is 27.3 Å². The van der Waals surface area contributed by atoms with Crippen LogP contribution in [0.1, 0.15) is 13.3 Å². The van der Waals surface area contributed by atoms with Crippen molar-refractivity contribution in [3.63, 3.8) is 0 Å². The first-order valence-corrected chi connectivity index (χ1v) is 11.1. The minimum Gasteiger partial charge on any atom is -0.475 e. The number of halogens is 3. The number of ether oxygens (including phenoxy) is 1. The number of carbonyl (C=O) groups is 1. The molecule has 2 saturated heterocycles. The molecule has 28 heavy (non-hydrogen) atoms. The number of likely N-dealkylation sites (N-methyl/N-ethyl adjacent to an activating group) is 1. The topological polar surface area (TPSA) is 87.2 Å². The zero-order valence-electron chi connectivity index (χ0n) is 15.3. The molecule has 2 aliphatic rings. The van der Waals surface area contributed by atoms with E-state index < -0.39 is 22.2 Å². The smallest absolute Gasteiger partial charge is 0.475 e. The molecule has 160 valence electrons. The Balaban J connectivity index is 0.000000345. The number of piperidine rings is 1. The van der Waals surface area contributed by atoms with Crippen molar-refractivity contribution in [2.24, 2.45) is 5.92 Å². The number of hydrogen-bond acceptors (Lipinski definition) is 6. The van der Waals surface area contributed by atoms with Crippen LogP contribution >= 0.6 is 11.3 Å². The Morgan fingerprint density at radius 2 is 2.04 bits per heavy atom. The quantitative estimate of drug-likeness (QED) is 0.769. The Bertz CT molecular complexity index is 740. The van der Waals surface area contributed by atoms with Gasteiger partial charge in [0, 0.05) is 32.1 Å². The average Bonchev–Trinajstić information content (AvgIpc) is 3.09. The Morgan fingerprint density at radius 3 is 2.57 bits per heavy atom. The molecule has 1 aromatic rings. The SMILES string of the molecule is CCN1CCO[C@@H]2CN(S(=O)(=O)c3cccs3)CC[C@@H]2C1.O=C(O)C(F)(F)F. The Morgan fingerprint density at radius 1 is 1.36 bits per heavy atom. The first kappa shape index (κ1) is 23.1. The first-order valence-electron chi connectivity index (χ1n) is 8.73. The summed E-state index contributed by atoms with van der Waals surface area (Å²) >= 11 is 1.28. The predicted octanol–water partition coefficient (Wildman–Crippen LogP) is 2.11. The van der Waals surface area contributed by atoms with Gasteiger partial charge >= 0.3 is 12.1 Å². The third-order valence-electron chi connectivity index (χ3n) is 4.67. The fourth-order valence-corrected chi connectivity index (χ4v) is 5.75. The number of fused-ring (bicyclic) bond motifs is 1. The van der Waals surface area contributed by atoms with Gasteiger partial charge in [-0.15, -0.1) is 11.3 Å². The summed E-state index contributed by atoms with van der Waals surface area (Å²) in [5, 5.41) is 8.93. The molecule has 2 atom stereocenters. The second-order valence-corrected chi connectivity index (χ2v) is 9.56. The summed E-state index contributed by atoms with van der Waals surface area (Å²) in [7, 11) is -3.34. The van der Waals surface area contributed by atoms with E-state index in [4.69, 9.17) is 14.6 Å². The van der Waals surface area contributed by atoms with E-state index in [1.807, 2.05) is 0 Å². The van der Waals surface area contributed by atoms with Gasteiger partial charge < -0.3 is 14.7 Å². The molecule has 0 spiro atoms. The number of aliphatic carboxylic acids is 1. The molecule has 0 radical (unpaired) electrons. The molecule has 3 heterocycles. The largest absolute Gasteiger partial charge is 0.490 e. The number of hydrogen-bond donors (Lipinski definition) is 1. The molecule has 0 aromatic carbocycles. The van der Waals surface area contributed by atoms with Crippen LogP contribution in [0.15, 0.2) is 21.7 Å². The lowest BCUT2D eigenvalue weighted by Crippen LogP contribution is -2.48. The summed E-state index contributed by atoms with van der Waals surface area (Å²) in [6.07, 6.45) is -4.17. The highest BCUT2D eigenvalue weighted by atomic mass is 32.2. The number of nitrogens with zero attached hydrogens (tertiary/aromatic N) is 2. The van der Waals surface area contributed by atoms with Crippen LogP contribution in [0.4, 0.5) is 13.2 Å². The highest BCUT2D eigenvalue weighted by molar-refractivity contribution is 7.91. The van der Waals surface area contributed by atoms with Crippen LogP contribution in [0.5, 0.6) is 0 Å². The molecule has 2 fully saturated rings. The summed E-state index contributed by atoms with van der Waals surface area (Å²) in [6, 6.07) is 3.46. The molecule has 2 aliphatic heterocycles. The van der Waals surface area contributed by atoms with Gasteiger partial charge in [-0.05, 0) is 24.4 Å². The van der Waals surface area contributed by atoms with Gasteiger partial charge in [-0.25, -0.2) is 13.2 Å². The monoisotopic (exact) mass is 444 g/mol. The standard InChI is InChI=1S/C14H22N2O3S2.C2HF3O2/c1-2-15-7-8-19-13-11-16(6-5-12(13)10-15)21(17,18)14-4-3-9-20-14;3-2(4,5)1(6)7/h3-4,9,12-13H,2,5-8,10-11H2,1H3;(H,6,7)/t12-,13-;/m1./s1. The van der Waals surface area contributed by atoms with Gasteiger partial charge in [0.15, 0.2) is 0 Å². The van der Waals surface area contributed by atoms with Crippen molar-refractivity contribution in [2.75, 3.05) is 39.3 Å². The molecule has 0 unspecified atom stereocenters. The third kappa shape index (κ3) is 5.89. The highest BCUT2D eigenvalue weighted by Crippen LogP contribution is 2.29. The van der Waals surface area contributed by atoms with Crippen LogP contribution in [0.3, 0.4) is 0 Å². The minimum absolute atomic E-state index is 0.0324. The highest BCUT2D eigenvalue weighted by Gasteiger charge is 2.39. The lowest BCUT2D eigenvalue weighted by Gasteiger charge is -2.37. The van der Waals surface area contributed by atoms with E-state index in [2.05, 4.69) is 11.8 Å². The van der Waals surface area contributed by atoms with Crippen molar-refractivity contribution in [1.82, 2.24) is 9.21 Å². The van der Waals surface area contributed by atoms with Crippen LogP contribution in [0.2, 0.25) is 0 Å². The van der Waals surface area contributed by atoms with Crippen LogP contribution in [-0.2, 0) is 19.6 Å². The molecule has 0 aliphatic carbocycles. The number of thiophene rings is 1. The van der Waals surface area contributed by atoms with Crippen molar-refractivity contribution in [1.29, 1.82) is 0 Å². The van der Waals surface area contributed by atoms with Gasteiger partial charge in [0.2, 0.25) is 0 Å². The molecule has 1 N–H and O–H groups in total. The fraction of sp³-hybridized carbons (Fsp3) is 0.688.